The van der Waals surface area contributed by atoms with E-state index in [2.05, 4.69) is 51.1 Å². The van der Waals surface area contributed by atoms with Crippen LogP contribution >= 0.6 is 47.6 Å². The van der Waals surface area contributed by atoms with Crippen LogP contribution in [-0.4, -0.2) is 38.0 Å². The second-order valence-electron chi connectivity index (χ2n) is 3.30. The molecule has 1 heterocycles. The molecule has 114 valence electrons. The fourth-order valence-electron chi connectivity index (χ4n) is 1.19. The lowest BCUT2D eigenvalue weighted by Crippen LogP contribution is -2.12. The first kappa shape index (κ1) is 18.1. The van der Waals surface area contributed by atoms with Crippen molar-refractivity contribution in [2.45, 2.75) is 32.9 Å². The molecule has 0 aromatic carbocycles. The Morgan fingerprint density at radius 2 is 1.60 bits per heavy atom. The lowest BCUT2D eigenvalue weighted by molar-refractivity contribution is 0.922. The second-order valence-corrected chi connectivity index (χ2v) is 8.24. The van der Waals surface area contributed by atoms with Crippen molar-refractivity contribution in [3.8, 4) is 0 Å². The number of hydrogen-bond donors (Lipinski definition) is 1. The van der Waals surface area contributed by atoms with Crippen LogP contribution in [0, 0.1) is 0 Å². The van der Waals surface area contributed by atoms with Gasteiger partial charge in [0.25, 0.3) is 5.95 Å². The molecule has 0 aliphatic heterocycles. The molecule has 0 aliphatic rings. The van der Waals surface area contributed by atoms with E-state index in [-0.39, 0.29) is 0 Å². The molecule has 0 saturated heterocycles. The average molecular weight is 352 g/mol. The van der Waals surface area contributed by atoms with Gasteiger partial charge in [-0.05, 0) is 29.6 Å². The Bertz CT molecular complexity index is 387. The molecule has 0 atom stereocenters. The molecule has 1 N–H and O–H groups in total. The fourth-order valence-corrected chi connectivity index (χ4v) is 3.90. The van der Waals surface area contributed by atoms with E-state index in [1.165, 1.54) is 0 Å². The summed E-state index contributed by atoms with van der Waals surface area (Å²) >= 11 is 6.65. The van der Waals surface area contributed by atoms with Crippen LogP contribution in [0.4, 0.5) is 11.9 Å². The second kappa shape index (κ2) is 10.7. The summed E-state index contributed by atoms with van der Waals surface area (Å²) in [6.07, 6.45) is 0. The number of thioether (sulfide) groups is 1. The molecule has 1 aromatic rings. The van der Waals surface area contributed by atoms with E-state index in [1.807, 2.05) is 0 Å². The van der Waals surface area contributed by atoms with Crippen LogP contribution in [0.1, 0.15) is 27.7 Å². The summed E-state index contributed by atoms with van der Waals surface area (Å²) in [5.41, 5.74) is 0. The average Bonchev–Trinajstić information content (AvgIpc) is 2.45. The minimum Gasteiger partial charge on any atom is -0.298 e. The Morgan fingerprint density at radius 3 is 2.15 bits per heavy atom. The molecule has 5 nitrogen and oxygen atoms in total. The maximum atomic E-state index is 4.54. The van der Waals surface area contributed by atoms with Crippen molar-refractivity contribution < 1.29 is 0 Å². The quantitative estimate of drug-likeness (QED) is 0.493. The zero-order valence-electron chi connectivity index (χ0n) is 12.3. The zero-order chi connectivity index (χ0) is 14.8. The summed E-state index contributed by atoms with van der Waals surface area (Å²) in [6.45, 7) is 8.45. The van der Waals surface area contributed by atoms with E-state index < -0.39 is 0 Å². The minimum absolute atomic E-state index is 0.635. The molecule has 0 radical (unpaired) electrons. The van der Waals surface area contributed by atoms with E-state index in [0.717, 1.165) is 28.2 Å². The smallest absolute Gasteiger partial charge is 0.252 e. The fraction of sp³-hybridized carbons (Fsp3) is 0.727. The number of hydrogen-bond acceptors (Lipinski definition) is 9. The van der Waals surface area contributed by atoms with Crippen LogP contribution in [0.3, 0.4) is 0 Å². The number of nitrogens with one attached hydrogen (secondary N) is 1. The zero-order valence-corrected chi connectivity index (χ0v) is 15.5. The van der Waals surface area contributed by atoms with Gasteiger partial charge < -0.3 is 0 Å². The molecule has 9 heteroatoms. The molecule has 0 bridgehead atoms. The maximum absolute atomic E-state index is 4.54. The summed E-state index contributed by atoms with van der Waals surface area (Å²) in [6, 6.07) is 0. The Hall–Kier alpha value is 0.01000. The first-order chi connectivity index (χ1) is 9.74. The molecule has 0 spiro atoms. The largest absolute Gasteiger partial charge is 0.298 e. The third-order valence-corrected chi connectivity index (χ3v) is 5.13. The predicted octanol–water partition coefficient (Wildman–Crippen LogP) is 4.21. The van der Waals surface area contributed by atoms with Gasteiger partial charge in [0.1, 0.15) is 0 Å². The van der Waals surface area contributed by atoms with Gasteiger partial charge in [-0.1, -0.05) is 51.4 Å². The Labute approximate surface area is 138 Å². The van der Waals surface area contributed by atoms with Crippen LogP contribution in [-0.2, 0) is 0 Å². The summed E-state index contributed by atoms with van der Waals surface area (Å²) in [4.78, 5) is 13.5. The standard InChI is InChI=1S/C11H21N5S4/c1-5-17-11-13-9(15-18-6-2)12-10(14-11)16(19-7-3)20-8-4/h5-8H2,1-4H3,(H,12,13,14,15). The van der Waals surface area contributed by atoms with Crippen molar-refractivity contribution in [2.75, 3.05) is 31.4 Å². The highest BCUT2D eigenvalue weighted by Crippen LogP contribution is 2.29. The molecule has 20 heavy (non-hydrogen) atoms. The molecule has 1 aromatic heterocycles. The first-order valence-electron chi connectivity index (χ1n) is 6.57. The Kier molecular flexibility index (Phi) is 9.66. The van der Waals surface area contributed by atoms with Crippen molar-refractivity contribution in [1.29, 1.82) is 0 Å². The highest BCUT2D eigenvalue weighted by molar-refractivity contribution is 8.18. The molecular weight excluding hydrogens is 330 g/mol. The van der Waals surface area contributed by atoms with Gasteiger partial charge in [0.15, 0.2) is 5.16 Å². The van der Waals surface area contributed by atoms with Crippen LogP contribution in [0.25, 0.3) is 0 Å². The van der Waals surface area contributed by atoms with Crippen LogP contribution in [0.15, 0.2) is 5.16 Å². The Morgan fingerprint density at radius 1 is 0.900 bits per heavy atom. The summed E-state index contributed by atoms with van der Waals surface area (Å²) in [7, 11) is 0. The number of nitrogens with zero attached hydrogens (tertiary/aromatic N) is 4. The minimum atomic E-state index is 0.635. The van der Waals surface area contributed by atoms with Gasteiger partial charge in [0.05, 0.1) is 0 Å². The predicted molar refractivity (Wildman–Crippen MR) is 96.7 cm³/mol. The lowest BCUT2D eigenvalue weighted by atomic mass is 10.9. The topological polar surface area (TPSA) is 53.9 Å². The van der Waals surface area contributed by atoms with Crippen molar-refractivity contribution in [3.05, 3.63) is 0 Å². The van der Waals surface area contributed by atoms with Crippen molar-refractivity contribution in [1.82, 2.24) is 15.0 Å². The van der Waals surface area contributed by atoms with Crippen molar-refractivity contribution >= 4 is 59.5 Å². The highest BCUT2D eigenvalue weighted by atomic mass is 32.2. The normalized spacial score (nSPS) is 10.6. The monoisotopic (exact) mass is 351 g/mol. The molecule has 0 saturated carbocycles. The summed E-state index contributed by atoms with van der Waals surface area (Å²) in [5.74, 6) is 5.24. The first-order valence-corrected chi connectivity index (χ1v) is 10.4. The van der Waals surface area contributed by atoms with Gasteiger partial charge >= 0.3 is 0 Å². The van der Waals surface area contributed by atoms with Gasteiger partial charge in [-0.25, -0.2) is 3.71 Å². The lowest BCUT2D eigenvalue weighted by Gasteiger charge is -2.19. The number of aromatic nitrogens is 3. The maximum Gasteiger partial charge on any atom is 0.252 e. The summed E-state index contributed by atoms with van der Waals surface area (Å²) in [5, 5.41) is 0.773. The van der Waals surface area contributed by atoms with E-state index in [9.17, 15) is 0 Å². The van der Waals surface area contributed by atoms with Crippen LogP contribution < -0.4 is 8.43 Å². The SMILES string of the molecule is CCSNc1nc(SCC)nc(N(SCC)SCC)n1. The highest BCUT2D eigenvalue weighted by Gasteiger charge is 2.14. The molecule has 0 amide bonds. The van der Waals surface area contributed by atoms with Crippen molar-refractivity contribution in [3.63, 3.8) is 0 Å². The van der Waals surface area contributed by atoms with Crippen molar-refractivity contribution in [2.24, 2.45) is 0 Å². The molecule has 0 unspecified atom stereocenters. The number of anilines is 2. The van der Waals surface area contributed by atoms with E-state index in [4.69, 9.17) is 0 Å². The molecule has 0 aliphatic carbocycles. The number of rotatable bonds is 10. The van der Waals surface area contributed by atoms with E-state index >= 15 is 0 Å². The Balaban J connectivity index is 2.97. The van der Waals surface area contributed by atoms with E-state index in [0.29, 0.717) is 11.9 Å². The molecule has 0 fully saturated rings. The van der Waals surface area contributed by atoms with Gasteiger partial charge in [-0.3, -0.25) is 4.72 Å². The molecular formula is C11H21N5S4. The third kappa shape index (κ3) is 6.19. The third-order valence-electron chi connectivity index (χ3n) is 1.84. The van der Waals surface area contributed by atoms with Gasteiger partial charge in [-0.2, -0.15) is 15.0 Å². The van der Waals surface area contributed by atoms with Gasteiger partial charge in [0, 0.05) is 17.3 Å². The van der Waals surface area contributed by atoms with Crippen LogP contribution in [0.5, 0.6) is 0 Å². The molecule has 1 rings (SSSR count). The van der Waals surface area contributed by atoms with E-state index in [1.54, 1.807) is 47.6 Å². The van der Waals surface area contributed by atoms with Gasteiger partial charge in [0.2, 0.25) is 5.95 Å². The summed E-state index contributed by atoms with van der Waals surface area (Å²) < 4.78 is 5.24. The van der Waals surface area contributed by atoms with Gasteiger partial charge in [-0.15, -0.1) is 0 Å². The van der Waals surface area contributed by atoms with Crippen LogP contribution in [0.2, 0.25) is 0 Å².